The first-order chi connectivity index (χ1) is 7.99. The van der Waals surface area contributed by atoms with Gasteiger partial charge in [-0.15, -0.1) is 0 Å². The van der Waals surface area contributed by atoms with Gasteiger partial charge in [0.2, 0.25) is 5.91 Å². The maximum absolute atomic E-state index is 11.5. The fourth-order valence-corrected chi connectivity index (χ4v) is 1.71. The molecule has 88 valence electrons. The normalized spacial score (nSPS) is 15.5. The molecule has 1 aromatic heterocycles. The van der Waals surface area contributed by atoms with Gasteiger partial charge in [0, 0.05) is 6.07 Å². The molecule has 1 aliphatic heterocycles. The lowest BCUT2D eigenvalue weighted by atomic mass is 10.2. The number of carbonyl (C=O) groups is 2. The Labute approximate surface area is 96.2 Å². The molecule has 2 heterocycles. The number of pyridine rings is 1. The zero-order chi connectivity index (χ0) is 12.6. The lowest BCUT2D eigenvalue weighted by Gasteiger charge is -2.15. The summed E-state index contributed by atoms with van der Waals surface area (Å²) in [6.07, 6.45) is 0.955. The number of rotatable bonds is 2. The lowest BCUT2D eigenvalue weighted by molar-refractivity contribution is -0.385. The first-order valence-corrected chi connectivity index (χ1v) is 4.92. The Hall–Kier alpha value is -2.31. The van der Waals surface area contributed by atoms with Gasteiger partial charge in [-0.2, -0.15) is 0 Å². The highest BCUT2D eigenvalue weighted by Gasteiger charge is 2.30. The van der Waals surface area contributed by atoms with E-state index in [0.717, 1.165) is 6.20 Å². The van der Waals surface area contributed by atoms with Gasteiger partial charge in [0.15, 0.2) is 5.78 Å². The highest BCUT2D eigenvalue weighted by molar-refractivity contribution is 6.14. The third-order valence-electron chi connectivity index (χ3n) is 2.49. The minimum atomic E-state index is -0.555. The molecule has 1 amide bonds. The maximum Gasteiger partial charge on any atom is 0.287 e. The third kappa shape index (κ3) is 1.99. The van der Waals surface area contributed by atoms with Crippen molar-refractivity contribution in [2.24, 2.45) is 0 Å². The predicted octanol–water partition coefficient (Wildman–Crippen LogP) is 0.604. The average Bonchev–Trinajstić information content (AvgIpc) is 2.57. The van der Waals surface area contributed by atoms with E-state index in [1.54, 1.807) is 6.92 Å². The monoisotopic (exact) mass is 235 g/mol. The Kier molecular flexibility index (Phi) is 2.58. The number of hydrogen-bond donors (Lipinski definition) is 0. The number of carbonyl (C=O) groups excluding carboxylic acids is 2. The van der Waals surface area contributed by atoms with Gasteiger partial charge in [-0.25, -0.2) is 4.98 Å². The van der Waals surface area contributed by atoms with Crippen molar-refractivity contribution < 1.29 is 14.5 Å². The highest BCUT2D eigenvalue weighted by Crippen LogP contribution is 2.24. The van der Waals surface area contributed by atoms with Crippen LogP contribution >= 0.6 is 0 Å². The van der Waals surface area contributed by atoms with Gasteiger partial charge >= 0.3 is 0 Å². The van der Waals surface area contributed by atoms with Gasteiger partial charge in [0.1, 0.15) is 12.0 Å². The molecule has 1 aromatic rings. The second-order valence-electron chi connectivity index (χ2n) is 3.79. The van der Waals surface area contributed by atoms with Crippen LogP contribution in [0, 0.1) is 17.0 Å². The van der Waals surface area contributed by atoms with Crippen LogP contribution in [0.15, 0.2) is 12.3 Å². The first kappa shape index (κ1) is 11.2. The molecule has 7 nitrogen and oxygen atoms in total. The van der Waals surface area contributed by atoms with E-state index < -0.39 is 4.92 Å². The largest absolute Gasteiger partial charge is 0.297 e. The molecule has 0 bridgehead atoms. The fraction of sp³-hybridized carbons (Fsp3) is 0.300. The van der Waals surface area contributed by atoms with E-state index in [0.29, 0.717) is 11.4 Å². The molecule has 0 aromatic carbocycles. The Morgan fingerprint density at radius 1 is 1.47 bits per heavy atom. The summed E-state index contributed by atoms with van der Waals surface area (Å²) in [5, 5.41) is 10.5. The van der Waals surface area contributed by atoms with Crippen molar-refractivity contribution in [3.63, 3.8) is 0 Å². The molecule has 2 rings (SSSR count). The summed E-state index contributed by atoms with van der Waals surface area (Å²) < 4.78 is 0. The van der Waals surface area contributed by atoms with Crippen LogP contribution in [0.3, 0.4) is 0 Å². The van der Waals surface area contributed by atoms with Crippen LogP contribution in [0.25, 0.3) is 0 Å². The zero-order valence-electron chi connectivity index (χ0n) is 9.04. The van der Waals surface area contributed by atoms with Gasteiger partial charge in [-0.3, -0.25) is 24.6 Å². The van der Waals surface area contributed by atoms with Crippen LogP contribution < -0.4 is 4.90 Å². The molecule has 0 aliphatic carbocycles. The fourth-order valence-electron chi connectivity index (χ4n) is 1.71. The molecule has 0 unspecified atom stereocenters. The Morgan fingerprint density at radius 2 is 2.18 bits per heavy atom. The Bertz CT molecular complexity index is 526. The molecule has 1 saturated heterocycles. The van der Waals surface area contributed by atoms with Gasteiger partial charge in [-0.05, 0) is 12.5 Å². The summed E-state index contributed by atoms with van der Waals surface area (Å²) in [5.41, 5.74) is 0.367. The molecule has 0 atom stereocenters. The van der Waals surface area contributed by atoms with E-state index in [4.69, 9.17) is 0 Å². The van der Waals surface area contributed by atoms with Crippen molar-refractivity contribution in [3.05, 3.63) is 27.9 Å². The number of nitrogens with zero attached hydrogens (tertiary/aromatic N) is 3. The van der Waals surface area contributed by atoms with Crippen LogP contribution in [0.2, 0.25) is 0 Å². The summed E-state index contributed by atoms with van der Waals surface area (Å²) in [4.78, 5) is 37.7. The van der Waals surface area contributed by atoms with E-state index in [-0.39, 0.29) is 30.3 Å². The molecular weight excluding hydrogens is 226 g/mol. The molecule has 1 fully saturated rings. The highest BCUT2D eigenvalue weighted by atomic mass is 16.6. The summed E-state index contributed by atoms with van der Waals surface area (Å²) in [6, 6.07) is 1.33. The van der Waals surface area contributed by atoms with E-state index >= 15 is 0 Å². The standard InChI is InChI=1S/C10H9N3O4/c1-6-2-7(13(16)17)4-11-10(6)12-5-8(14)3-9(12)15/h2,4H,3,5H2,1H3. The van der Waals surface area contributed by atoms with Crippen molar-refractivity contribution in [2.75, 3.05) is 11.4 Å². The number of aryl methyl sites for hydroxylation is 1. The third-order valence-corrected chi connectivity index (χ3v) is 2.49. The predicted molar refractivity (Wildman–Crippen MR) is 57.6 cm³/mol. The quantitative estimate of drug-likeness (QED) is 0.425. The van der Waals surface area contributed by atoms with Crippen LogP contribution in [-0.4, -0.2) is 28.1 Å². The minimum Gasteiger partial charge on any atom is -0.297 e. The number of anilines is 1. The van der Waals surface area contributed by atoms with E-state index in [1.165, 1.54) is 11.0 Å². The molecule has 0 N–H and O–H groups in total. The summed E-state index contributed by atoms with van der Waals surface area (Å²) in [7, 11) is 0. The number of nitro groups is 1. The van der Waals surface area contributed by atoms with Crippen molar-refractivity contribution in [3.8, 4) is 0 Å². The van der Waals surface area contributed by atoms with Crippen molar-refractivity contribution in [1.29, 1.82) is 0 Å². The molecule has 1 aliphatic rings. The molecule has 0 radical (unpaired) electrons. The topological polar surface area (TPSA) is 93.4 Å². The smallest absolute Gasteiger partial charge is 0.287 e. The number of aromatic nitrogens is 1. The van der Waals surface area contributed by atoms with E-state index in [9.17, 15) is 19.7 Å². The minimum absolute atomic E-state index is 0.00944. The SMILES string of the molecule is Cc1cc([N+](=O)[O-])cnc1N1CC(=O)CC1=O. The second-order valence-corrected chi connectivity index (χ2v) is 3.79. The zero-order valence-corrected chi connectivity index (χ0v) is 9.04. The van der Waals surface area contributed by atoms with Gasteiger partial charge in [0.05, 0.1) is 17.9 Å². The first-order valence-electron chi connectivity index (χ1n) is 4.92. The lowest BCUT2D eigenvalue weighted by Crippen LogP contribution is -2.26. The van der Waals surface area contributed by atoms with Gasteiger partial charge in [-0.1, -0.05) is 0 Å². The molecule has 17 heavy (non-hydrogen) atoms. The van der Waals surface area contributed by atoms with Gasteiger partial charge in [0.25, 0.3) is 5.69 Å². The van der Waals surface area contributed by atoms with Crippen LogP contribution in [0.1, 0.15) is 12.0 Å². The number of Topliss-reactive ketones (excluding diaryl/α,β-unsaturated/α-hetero) is 1. The Morgan fingerprint density at radius 3 is 2.65 bits per heavy atom. The van der Waals surface area contributed by atoms with Crippen LogP contribution in [0.5, 0.6) is 0 Å². The summed E-state index contributed by atoms with van der Waals surface area (Å²) in [6.45, 7) is 1.61. The number of hydrogen-bond acceptors (Lipinski definition) is 5. The van der Waals surface area contributed by atoms with Crippen molar-refractivity contribution >= 4 is 23.2 Å². The molecule has 0 spiro atoms. The molecule has 7 heteroatoms. The second kappa shape index (κ2) is 3.93. The van der Waals surface area contributed by atoms with Crippen LogP contribution in [-0.2, 0) is 9.59 Å². The Balaban J connectivity index is 2.37. The number of ketones is 1. The number of amides is 1. The van der Waals surface area contributed by atoms with Crippen LogP contribution in [0.4, 0.5) is 11.5 Å². The molecule has 0 saturated carbocycles. The summed E-state index contributed by atoms with van der Waals surface area (Å²) >= 11 is 0. The molecular formula is C10H9N3O4. The maximum atomic E-state index is 11.5. The van der Waals surface area contributed by atoms with E-state index in [1.807, 2.05) is 0 Å². The summed E-state index contributed by atoms with van der Waals surface area (Å²) in [5.74, 6) is -0.180. The average molecular weight is 235 g/mol. The van der Waals surface area contributed by atoms with Crippen molar-refractivity contribution in [2.45, 2.75) is 13.3 Å². The van der Waals surface area contributed by atoms with E-state index in [2.05, 4.69) is 4.98 Å². The van der Waals surface area contributed by atoms with Crippen molar-refractivity contribution in [1.82, 2.24) is 4.98 Å². The van der Waals surface area contributed by atoms with Gasteiger partial charge < -0.3 is 0 Å².